The first-order chi connectivity index (χ1) is 14.2. The van der Waals surface area contributed by atoms with Gasteiger partial charge in [-0.25, -0.2) is 4.98 Å². The summed E-state index contributed by atoms with van der Waals surface area (Å²) in [4.78, 5) is 17.1. The number of rotatable bonds is 5. The quantitative estimate of drug-likeness (QED) is 0.685. The summed E-state index contributed by atoms with van der Waals surface area (Å²) in [5.41, 5.74) is 5.26. The van der Waals surface area contributed by atoms with Crippen molar-refractivity contribution in [1.29, 1.82) is 0 Å². The van der Waals surface area contributed by atoms with E-state index in [2.05, 4.69) is 46.8 Å². The summed E-state index contributed by atoms with van der Waals surface area (Å²) in [5, 5.41) is 6.62. The number of amides is 1. The van der Waals surface area contributed by atoms with Gasteiger partial charge in [-0.1, -0.05) is 43.5 Å². The number of aryl methyl sites for hydroxylation is 1. The zero-order chi connectivity index (χ0) is 20.1. The SMILES string of the molecule is Cc1cnc(NC2=CC=CCC2)cc1-c1ccc(C(=O)NC2CCCCC2)cc1. The minimum atomic E-state index is 0.0366. The second-order valence-electron chi connectivity index (χ2n) is 8.05. The number of benzene rings is 1. The lowest BCUT2D eigenvalue weighted by Crippen LogP contribution is -2.36. The van der Waals surface area contributed by atoms with Crippen LogP contribution in [-0.4, -0.2) is 16.9 Å². The zero-order valence-corrected chi connectivity index (χ0v) is 17.1. The molecule has 1 fully saturated rings. The van der Waals surface area contributed by atoms with Crippen molar-refractivity contribution in [2.45, 2.75) is 57.9 Å². The Labute approximate surface area is 173 Å². The van der Waals surface area contributed by atoms with Crippen molar-refractivity contribution in [1.82, 2.24) is 10.3 Å². The number of carbonyl (C=O) groups is 1. The number of nitrogens with zero attached hydrogens (tertiary/aromatic N) is 1. The molecule has 4 heteroatoms. The van der Waals surface area contributed by atoms with Crippen LogP contribution in [0, 0.1) is 6.92 Å². The van der Waals surface area contributed by atoms with Crippen LogP contribution in [0.2, 0.25) is 0 Å². The molecule has 0 unspecified atom stereocenters. The molecule has 0 aliphatic heterocycles. The highest BCUT2D eigenvalue weighted by Gasteiger charge is 2.16. The van der Waals surface area contributed by atoms with Crippen LogP contribution >= 0.6 is 0 Å². The predicted molar refractivity (Wildman–Crippen MR) is 119 cm³/mol. The van der Waals surface area contributed by atoms with Crippen molar-refractivity contribution >= 4 is 11.7 Å². The van der Waals surface area contributed by atoms with Crippen LogP contribution in [-0.2, 0) is 0 Å². The molecule has 2 aromatic rings. The van der Waals surface area contributed by atoms with Gasteiger partial charge in [-0.3, -0.25) is 4.79 Å². The largest absolute Gasteiger partial charge is 0.349 e. The Morgan fingerprint density at radius 3 is 2.62 bits per heavy atom. The molecule has 1 heterocycles. The summed E-state index contributed by atoms with van der Waals surface area (Å²) in [5.74, 6) is 0.890. The fourth-order valence-corrected chi connectivity index (χ4v) is 4.09. The van der Waals surface area contributed by atoms with E-state index in [1.54, 1.807) is 0 Å². The van der Waals surface area contributed by atoms with Crippen LogP contribution in [0.1, 0.15) is 60.9 Å². The molecule has 4 nitrogen and oxygen atoms in total. The van der Waals surface area contributed by atoms with Crippen molar-refractivity contribution < 1.29 is 4.79 Å². The molecule has 1 aromatic heterocycles. The Bertz CT molecular complexity index is 922. The van der Waals surface area contributed by atoms with E-state index in [-0.39, 0.29) is 5.91 Å². The van der Waals surface area contributed by atoms with Crippen LogP contribution in [0.5, 0.6) is 0 Å². The predicted octanol–water partition coefficient (Wildman–Crippen LogP) is 5.77. The van der Waals surface area contributed by atoms with E-state index in [1.165, 1.54) is 25.0 Å². The van der Waals surface area contributed by atoms with E-state index >= 15 is 0 Å². The van der Waals surface area contributed by atoms with Crippen molar-refractivity contribution in [3.8, 4) is 11.1 Å². The fraction of sp³-hybridized carbons (Fsp3) is 0.360. The topological polar surface area (TPSA) is 54.0 Å². The second-order valence-corrected chi connectivity index (χ2v) is 8.05. The number of carbonyl (C=O) groups excluding carboxylic acids is 1. The van der Waals surface area contributed by atoms with E-state index in [1.807, 2.05) is 30.5 Å². The van der Waals surface area contributed by atoms with Gasteiger partial charge in [0.15, 0.2) is 0 Å². The standard InChI is InChI=1S/C25H29N3O/c1-18-17-26-24(27-21-8-4-2-5-9-21)16-23(18)19-12-14-20(15-13-19)25(29)28-22-10-6-3-7-11-22/h2,4,8,12-17,22H,3,5-7,9-11H2,1H3,(H,26,27)(H,28,29). The maximum atomic E-state index is 12.6. The first-order valence-electron chi connectivity index (χ1n) is 10.7. The average Bonchev–Trinajstić information content (AvgIpc) is 2.77. The van der Waals surface area contributed by atoms with E-state index < -0.39 is 0 Å². The molecule has 2 N–H and O–H groups in total. The summed E-state index contributed by atoms with van der Waals surface area (Å²) in [7, 11) is 0. The zero-order valence-electron chi connectivity index (χ0n) is 17.1. The average molecular weight is 388 g/mol. The van der Waals surface area contributed by atoms with Gasteiger partial charge in [0.05, 0.1) is 0 Å². The van der Waals surface area contributed by atoms with Crippen molar-refractivity contribution in [2.24, 2.45) is 0 Å². The molecule has 2 aliphatic carbocycles. The third kappa shape index (κ3) is 4.94. The lowest BCUT2D eigenvalue weighted by molar-refractivity contribution is 0.0927. The maximum Gasteiger partial charge on any atom is 0.251 e. The highest BCUT2D eigenvalue weighted by molar-refractivity contribution is 5.95. The third-order valence-electron chi connectivity index (χ3n) is 5.80. The maximum absolute atomic E-state index is 12.6. The van der Waals surface area contributed by atoms with Gasteiger partial charge in [0.1, 0.15) is 5.82 Å². The van der Waals surface area contributed by atoms with E-state index in [0.717, 1.165) is 53.8 Å². The minimum Gasteiger partial charge on any atom is -0.349 e. The first-order valence-corrected chi connectivity index (χ1v) is 10.7. The smallest absolute Gasteiger partial charge is 0.251 e. The summed E-state index contributed by atoms with van der Waals surface area (Å²) in [6.45, 7) is 2.07. The van der Waals surface area contributed by atoms with Crippen molar-refractivity contribution in [3.63, 3.8) is 0 Å². The number of aromatic nitrogens is 1. The second kappa shape index (κ2) is 9.08. The van der Waals surface area contributed by atoms with Crippen molar-refractivity contribution in [2.75, 3.05) is 5.32 Å². The van der Waals surface area contributed by atoms with Gasteiger partial charge in [-0.05, 0) is 73.6 Å². The van der Waals surface area contributed by atoms with Gasteiger partial charge in [0, 0.05) is 23.5 Å². The van der Waals surface area contributed by atoms with Gasteiger partial charge in [-0.15, -0.1) is 0 Å². The normalized spacial score (nSPS) is 16.9. The molecule has 0 saturated heterocycles. The molecule has 0 atom stereocenters. The number of allylic oxidation sites excluding steroid dienone is 4. The Hall–Kier alpha value is -2.88. The fourth-order valence-electron chi connectivity index (χ4n) is 4.09. The molecule has 0 bridgehead atoms. The number of hydrogen-bond donors (Lipinski definition) is 2. The van der Waals surface area contributed by atoms with Gasteiger partial charge < -0.3 is 10.6 Å². The first kappa shape index (κ1) is 19.4. The molecule has 1 aromatic carbocycles. The Kier molecular flexibility index (Phi) is 6.09. The summed E-state index contributed by atoms with van der Waals surface area (Å²) >= 11 is 0. The highest BCUT2D eigenvalue weighted by Crippen LogP contribution is 2.27. The molecule has 1 amide bonds. The lowest BCUT2D eigenvalue weighted by atomic mass is 9.95. The van der Waals surface area contributed by atoms with Crippen molar-refractivity contribution in [3.05, 3.63) is 71.6 Å². The van der Waals surface area contributed by atoms with Gasteiger partial charge in [-0.2, -0.15) is 0 Å². The van der Waals surface area contributed by atoms with Gasteiger partial charge >= 0.3 is 0 Å². The molecule has 1 saturated carbocycles. The van der Waals surface area contributed by atoms with E-state index in [4.69, 9.17) is 0 Å². The molecule has 0 radical (unpaired) electrons. The molecule has 4 rings (SSSR count). The van der Waals surface area contributed by atoms with Crippen LogP contribution < -0.4 is 10.6 Å². The van der Waals surface area contributed by atoms with E-state index in [9.17, 15) is 4.79 Å². The molecular weight excluding hydrogens is 358 g/mol. The molecule has 150 valence electrons. The summed E-state index contributed by atoms with van der Waals surface area (Å²) in [6.07, 6.45) is 16.2. The molecular formula is C25H29N3O. The minimum absolute atomic E-state index is 0.0366. The summed E-state index contributed by atoms with van der Waals surface area (Å²) in [6, 6.07) is 10.3. The van der Waals surface area contributed by atoms with Crippen LogP contribution in [0.15, 0.2) is 60.5 Å². The number of nitrogens with one attached hydrogen (secondary N) is 2. The third-order valence-corrected chi connectivity index (χ3v) is 5.80. The molecule has 29 heavy (non-hydrogen) atoms. The van der Waals surface area contributed by atoms with Gasteiger partial charge in [0.2, 0.25) is 0 Å². The summed E-state index contributed by atoms with van der Waals surface area (Å²) < 4.78 is 0. The van der Waals surface area contributed by atoms with Crippen LogP contribution in [0.25, 0.3) is 11.1 Å². The molecule has 0 spiro atoms. The molecule has 2 aliphatic rings. The van der Waals surface area contributed by atoms with Gasteiger partial charge in [0.25, 0.3) is 5.91 Å². The number of pyridine rings is 1. The van der Waals surface area contributed by atoms with Crippen LogP contribution in [0.4, 0.5) is 5.82 Å². The van der Waals surface area contributed by atoms with E-state index in [0.29, 0.717) is 6.04 Å². The highest BCUT2D eigenvalue weighted by atomic mass is 16.1. The Morgan fingerprint density at radius 2 is 1.90 bits per heavy atom. The Balaban J connectivity index is 1.47. The lowest BCUT2D eigenvalue weighted by Gasteiger charge is -2.22. The van der Waals surface area contributed by atoms with Crippen LogP contribution in [0.3, 0.4) is 0 Å². The number of anilines is 1. The number of hydrogen-bond acceptors (Lipinski definition) is 3. The monoisotopic (exact) mass is 387 g/mol. The Morgan fingerprint density at radius 1 is 1.10 bits per heavy atom.